The van der Waals surface area contributed by atoms with Crippen molar-refractivity contribution in [3.63, 3.8) is 0 Å². The summed E-state index contributed by atoms with van der Waals surface area (Å²) in [6.07, 6.45) is 12.3. The first-order chi connectivity index (χ1) is 20.3. The number of amides is 3. The molecule has 4 rings (SSSR count). The third kappa shape index (κ3) is 9.08. The van der Waals surface area contributed by atoms with Gasteiger partial charge in [0.2, 0.25) is 11.8 Å². The number of carbonyl (C=O) groups excluding carboxylic acids is 3. The van der Waals surface area contributed by atoms with Crippen LogP contribution >= 0.6 is 12.4 Å². The van der Waals surface area contributed by atoms with Gasteiger partial charge in [-0.25, -0.2) is 0 Å². The number of hydrogen-bond donors (Lipinski definition) is 3. The van der Waals surface area contributed by atoms with E-state index in [1.54, 1.807) is 19.2 Å². The smallest absolute Gasteiger partial charge is 0.251 e. The van der Waals surface area contributed by atoms with Crippen LogP contribution in [0, 0.1) is 0 Å². The largest absolute Gasteiger partial charge is 0.494 e. The van der Waals surface area contributed by atoms with Crippen LogP contribution in [-0.4, -0.2) is 89.6 Å². The minimum absolute atomic E-state index is 0. The highest BCUT2D eigenvalue weighted by Crippen LogP contribution is 2.37. The van der Waals surface area contributed by atoms with Crippen molar-refractivity contribution in [3.05, 3.63) is 29.8 Å². The van der Waals surface area contributed by atoms with Crippen LogP contribution in [0.25, 0.3) is 0 Å². The van der Waals surface area contributed by atoms with Gasteiger partial charge in [0.1, 0.15) is 17.3 Å². The Morgan fingerprint density at radius 1 is 0.977 bits per heavy atom. The summed E-state index contributed by atoms with van der Waals surface area (Å²) < 4.78 is 5.82. The van der Waals surface area contributed by atoms with Gasteiger partial charge < -0.3 is 30.3 Å². The minimum atomic E-state index is -0.846. The van der Waals surface area contributed by atoms with E-state index >= 15 is 0 Å². The molecule has 1 aliphatic carbocycles. The lowest BCUT2D eigenvalue weighted by Crippen LogP contribution is -2.73. The lowest BCUT2D eigenvalue weighted by atomic mass is 9.77. The van der Waals surface area contributed by atoms with Crippen molar-refractivity contribution in [1.29, 1.82) is 0 Å². The van der Waals surface area contributed by atoms with Crippen molar-refractivity contribution in [2.24, 2.45) is 0 Å². The van der Waals surface area contributed by atoms with E-state index in [0.29, 0.717) is 50.8 Å². The maximum atomic E-state index is 13.8. The third-order valence-electron chi connectivity index (χ3n) is 9.58. The van der Waals surface area contributed by atoms with Gasteiger partial charge in [0, 0.05) is 38.7 Å². The average molecular weight is 621 g/mol. The molecule has 3 aliphatic rings. The van der Waals surface area contributed by atoms with Crippen LogP contribution in [0.3, 0.4) is 0 Å². The molecule has 43 heavy (non-hydrogen) atoms. The zero-order valence-corrected chi connectivity index (χ0v) is 27.0. The third-order valence-corrected chi connectivity index (χ3v) is 9.58. The predicted octanol–water partition coefficient (Wildman–Crippen LogP) is 4.45. The first-order valence-electron chi connectivity index (χ1n) is 16.3. The van der Waals surface area contributed by atoms with Crippen molar-refractivity contribution in [2.75, 3.05) is 39.8 Å². The first-order valence-corrected chi connectivity index (χ1v) is 16.3. The lowest BCUT2D eigenvalue weighted by Gasteiger charge is -2.52. The van der Waals surface area contributed by atoms with Gasteiger partial charge in [-0.1, -0.05) is 45.4 Å². The molecule has 1 saturated carbocycles. The standard InChI is InChI=1S/C33H52N4O5.ClH/c1-3-4-21-37-30(39)28(25-32(41)16-8-7-9-17-32)35-31(40)33(37)18-22-36(23-19-33)20-10-5-6-11-24-42-27-14-12-26(13-15-27)29(38)34-2;/h12-15,28,41H,3-11,16-25H2,1-2H3,(H,34,38)(H,35,40);1H/t28-;/m1./s1. The van der Waals surface area contributed by atoms with Crippen molar-refractivity contribution in [1.82, 2.24) is 20.4 Å². The number of unbranched alkanes of at least 4 members (excludes halogenated alkanes) is 4. The molecule has 242 valence electrons. The van der Waals surface area contributed by atoms with Crippen molar-refractivity contribution >= 4 is 30.1 Å². The number of hydrogen-bond acceptors (Lipinski definition) is 6. The molecule has 2 aliphatic heterocycles. The van der Waals surface area contributed by atoms with Gasteiger partial charge in [0.25, 0.3) is 5.91 Å². The molecule has 3 fully saturated rings. The number of rotatable bonds is 14. The van der Waals surface area contributed by atoms with E-state index in [-0.39, 0.29) is 30.1 Å². The molecule has 1 spiro atoms. The highest BCUT2D eigenvalue weighted by Gasteiger charge is 2.54. The highest BCUT2D eigenvalue weighted by atomic mass is 35.5. The average Bonchev–Trinajstić information content (AvgIpc) is 3.00. The number of aliphatic hydroxyl groups is 1. The summed E-state index contributed by atoms with van der Waals surface area (Å²) in [6.45, 7) is 6.00. The number of likely N-dealkylation sites (tertiary alicyclic amines) is 1. The fourth-order valence-corrected chi connectivity index (χ4v) is 6.92. The Kier molecular flexibility index (Phi) is 13.6. The fraction of sp³-hybridized carbons (Fsp3) is 0.727. The van der Waals surface area contributed by atoms with Crippen molar-refractivity contribution in [3.8, 4) is 5.75 Å². The van der Waals surface area contributed by atoms with Crippen molar-refractivity contribution < 1.29 is 24.2 Å². The van der Waals surface area contributed by atoms with Crippen LogP contribution in [0.5, 0.6) is 5.75 Å². The molecule has 3 N–H and O–H groups in total. The molecule has 0 radical (unpaired) electrons. The van der Waals surface area contributed by atoms with Crippen LogP contribution in [0.4, 0.5) is 0 Å². The topological polar surface area (TPSA) is 111 Å². The number of halogens is 1. The second-order valence-corrected chi connectivity index (χ2v) is 12.6. The molecule has 2 heterocycles. The van der Waals surface area contributed by atoms with Gasteiger partial charge in [0.05, 0.1) is 12.2 Å². The van der Waals surface area contributed by atoms with E-state index in [2.05, 4.69) is 22.5 Å². The number of nitrogens with zero attached hydrogens (tertiary/aromatic N) is 2. The Morgan fingerprint density at radius 2 is 1.65 bits per heavy atom. The SMILES string of the molecule is CCCCN1C(=O)[C@@H](CC2(O)CCCCC2)NC(=O)C12CCN(CCCCCCOc1ccc(C(=O)NC)cc1)CC2.Cl. The van der Waals surface area contributed by atoms with E-state index in [9.17, 15) is 19.5 Å². The summed E-state index contributed by atoms with van der Waals surface area (Å²) >= 11 is 0. The second-order valence-electron chi connectivity index (χ2n) is 12.6. The summed E-state index contributed by atoms with van der Waals surface area (Å²) in [6, 6.07) is 6.58. The highest BCUT2D eigenvalue weighted by molar-refractivity contribution is 6.00. The summed E-state index contributed by atoms with van der Waals surface area (Å²) in [5.41, 5.74) is -0.984. The second kappa shape index (κ2) is 16.6. The van der Waals surface area contributed by atoms with E-state index in [1.165, 1.54) is 0 Å². The number of ether oxygens (including phenoxy) is 1. The zero-order valence-electron chi connectivity index (χ0n) is 26.2. The maximum Gasteiger partial charge on any atom is 0.251 e. The van der Waals surface area contributed by atoms with Crippen LogP contribution in [0.1, 0.15) is 107 Å². The van der Waals surface area contributed by atoms with E-state index in [0.717, 1.165) is 83.2 Å². The number of piperazine rings is 1. The molecule has 10 heteroatoms. The van der Waals surface area contributed by atoms with Crippen LogP contribution in [-0.2, 0) is 9.59 Å². The van der Waals surface area contributed by atoms with Gasteiger partial charge >= 0.3 is 0 Å². The number of benzene rings is 1. The number of nitrogens with one attached hydrogen (secondary N) is 2. The fourth-order valence-electron chi connectivity index (χ4n) is 6.92. The molecule has 0 bridgehead atoms. The molecule has 1 aromatic rings. The Hall–Kier alpha value is -2.36. The molecule has 1 aromatic carbocycles. The van der Waals surface area contributed by atoms with Crippen LogP contribution in [0.2, 0.25) is 0 Å². The Bertz CT molecular complexity index is 1040. The minimum Gasteiger partial charge on any atom is -0.494 e. The summed E-state index contributed by atoms with van der Waals surface area (Å²) in [7, 11) is 1.62. The molecular formula is C33H53ClN4O5. The summed E-state index contributed by atoms with van der Waals surface area (Å²) in [4.78, 5) is 43.4. The van der Waals surface area contributed by atoms with E-state index in [1.807, 2.05) is 17.0 Å². The van der Waals surface area contributed by atoms with Gasteiger partial charge in [-0.05, 0) is 75.8 Å². The Morgan fingerprint density at radius 3 is 2.30 bits per heavy atom. The van der Waals surface area contributed by atoms with Crippen molar-refractivity contribution in [2.45, 2.75) is 114 Å². The summed E-state index contributed by atoms with van der Waals surface area (Å²) in [5, 5.41) is 16.8. The zero-order chi connectivity index (χ0) is 30.0. The first kappa shape index (κ1) is 35.1. The number of piperidine rings is 1. The van der Waals surface area contributed by atoms with Gasteiger partial charge in [-0.15, -0.1) is 12.4 Å². The molecular weight excluding hydrogens is 568 g/mol. The molecule has 0 unspecified atom stereocenters. The Balaban J connectivity index is 0.00000506. The Labute approximate surface area is 263 Å². The lowest BCUT2D eigenvalue weighted by molar-refractivity contribution is -0.163. The quantitative estimate of drug-likeness (QED) is 0.265. The number of carbonyl (C=O) groups is 3. The monoisotopic (exact) mass is 620 g/mol. The van der Waals surface area contributed by atoms with Gasteiger partial charge in [-0.3, -0.25) is 14.4 Å². The molecule has 9 nitrogen and oxygen atoms in total. The van der Waals surface area contributed by atoms with E-state index in [4.69, 9.17) is 4.74 Å². The molecule has 1 atom stereocenters. The van der Waals surface area contributed by atoms with Gasteiger partial charge in [-0.2, -0.15) is 0 Å². The van der Waals surface area contributed by atoms with Gasteiger partial charge in [0.15, 0.2) is 0 Å². The molecule has 3 amide bonds. The van der Waals surface area contributed by atoms with Crippen LogP contribution in [0.15, 0.2) is 24.3 Å². The molecule has 0 aromatic heterocycles. The normalized spacial score (nSPS) is 21.7. The van der Waals surface area contributed by atoms with E-state index < -0.39 is 17.2 Å². The molecule has 2 saturated heterocycles. The maximum absolute atomic E-state index is 13.8. The predicted molar refractivity (Wildman–Crippen MR) is 171 cm³/mol. The van der Waals surface area contributed by atoms with Crippen LogP contribution < -0.4 is 15.4 Å². The summed E-state index contributed by atoms with van der Waals surface area (Å²) in [5.74, 6) is 0.652.